The molecule has 2 aromatic heterocycles. The molecule has 0 saturated heterocycles. The summed E-state index contributed by atoms with van der Waals surface area (Å²) in [6.07, 6.45) is 4.90. The molecule has 1 atom stereocenters. The van der Waals surface area contributed by atoms with Gasteiger partial charge in [-0.3, -0.25) is 14.7 Å². The number of nitrogens with one attached hydrogen (secondary N) is 2. The number of amides is 2. The lowest BCUT2D eigenvalue weighted by Crippen LogP contribution is -2.42. The molecule has 3 rings (SSSR count). The summed E-state index contributed by atoms with van der Waals surface area (Å²) in [4.78, 5) is 27.3. The van der Waals surface area contributed by atoms with Crippen LogP contribution in [0.5, 0.6) is 0 Å². The largest absolute Gasteiger partial charge is 0.368 e. The number of nitrogens with zero attached hydrogens (tertiary/aromatic N) is 2. The highest BCUT2D eigenvalue weighted by Gasteiger charge is 2.16. The summed E-state index contributed by atoms with van der Waals surface area (Å²) in [6, 6.07) is 6.90. The minimum absolute atomic E-state index is 0.132. The number of fused-ring (bicyclic) bond motifs is 1. The number of aromatic nitrogens is 3. The van der Waals surface area contributed by atoms with Crippen LogP contribution >= 0.6 is 0 Å². The number of carbonyl (C=O) groups is 2. The number of halogens is 1. The van der Waals surface area contributed by atoms with Crippen molar-refractivity contribution >= 4 is 34.9 Å². The van der Waals surface area contributed by atoms with Crippen LogP contribution in [-0.4, -0.2) is 33.0 Å². The van der Waals surface area contributed by atoms with Crippen LogP contribution in [0.2, 0.25) is 0 Å². The monoisotopic (exact) mass is 353 g/mol. The predicted octanol–water partition coefficient (Wildman–Crippen LogP) is 1.87. The van der Waals surface area contributed by atoms with Gasteiger partial charge in [-0.15, -0.1) is 0 Å². The van der Waals surface area contributed by atoms with Gasteiger partial charge in [0.2, 0.25) is 5.91 Å². The fourth-order valence-electron chi connectivity index (χ4n) is 2.32. The molecular weight excluding hydrogens is 337 g/mol. The standard InChI is InChI=1S/C18H16FN5O2/c1-10(17(20)25)22-18(26)15-8-13-14(23-24-16(13)9-21-15)6-5-11-3-2-4-12(19)7-11/h2-10H,1H3,(H2,20,25)(H,22,26)(H,23,24)/b6-5+/t10-/m0/s1. The summed E-state index contributed by atoms with van der Waals surface area (Å²) >= 11 is 0. The Hall–Kier alpha value is -3.55. The van der Waals surface area contributed by atoms with E-state index in [2.05, 4.69) is 20.5 Å². The summed E-state index contributed by atoms with van der Waals surface area (Å²) in [7, 11) is 0. The average molecular weight is 353 g/mol. The van der Waals surface area contributed by atoms with E-state index in [9.17, 15) is 14.0 Å². The van der Waals surface area contributed by atoms with Crippen molar-refractivity contribution in [3.8, 4) is 0 Å². The molecule has 0 aliphatic carbocycles. The highest BCUT2D eigenvalue weighted by atomic mass is 19.1. The van der Waals surface area contributed by atoms with Crippen molar-refractivity contribution in [1.29, 1.82) is 0 Å². The van der Waals surface area contributed by atoms with Crippen LogP contribution in [-0.2, 0) is 4.79 Å². The average Bonchev–Trinajstić information content (AvgIpc) is 3.02. The van der Waals surface area contributed by atoms with E-state index in [0.717, 1.165) is 0 Å². The Morgan fingerprint density at radius 2 is 2.12 bits per heavy atom. The molecule has 0 fully saturated rings. The van der Waals surface area contributed by atoms with E-state index >= 15 is 0 Å². The Kier molecular flexibility index (Phi) is 4.74. The van der Waals surface area contributed by atoms with Crippen molar-refractivity contribution in [2.24, 2.45) is 5.73 Å². The number of aromatic amines is 1. The van der Waals surface area contributed by atoms with E-state index < -0.39 is 17.9 Å². The smallest absolute Gasteiger partial charge is 0.270 e. The number of rotatable bonds is 5. The molecule has 1 aromatic carbocycles. The third kappa shape index (κ3) is 3.75. The summed E-state index contributed by atoms with van der Waals surface area (Å²) in [5, 5.41) is 10.1. The molecule has 132 valence electrons. The molecule has 0 aliphatic heterocycles. The maximum atomic E-state index is 13.2. The Bertz CT molecular complexity index is 1010. The molecular formula is C18H16FN5O2. The van der Waals surface area contributed by atoms with E-state index in [-0.39, 0.29) is 11.5 Å². The minimum atomic E-state index is -0.809. The van der Waals surface area contributed by atoms with Gasteiger partial charge in [-0.05, 0) is 36.8 Å². The second-order valence-corrected chi connectivity index (χ2v) is 5.71. The van der Waals surface area contributed by atoms with Gasteiger partial charge in [0.15, 0.2) is 0 Å². The number of hydrogen-bond donors (Lipinski definition) is 3. The Labute approximate surface area is 148 Å². The van der Waals surface area contributed by atoms with Crippen molar-refractivity contribution in [2.45, 2.75) is 13.0 Å². The predicted molar refractivity (Wildman–Crippen MR) is 95.3 cm³/mol. The van der Waals surface area contributed by atoms with Gasteiger partial charge in [-0.25, -0.2) is 9.37 Å². The summed E-state index contributed by atoms with van der Waals surface area (Å²) in [5.41, 5.74) is 7.17. The van der Waals surface area contributed by atoms with E-state index in [1.54, 1.807) is 30.4 Å². The van der Waals surface area contributed by atoms with E-state index in [1.165, 1.54) is 25.3 Å². The van der Waals surface area contributed by atoms with Crippen molar-refractivity contribution in [2.75, 3.05) is 0 Å². The van der Waals surface area contributed by atoms with Crippen LogP contribution in [0.15, 0.2) is 36.5 Å². The zero-order valence-corrected chi connectivity index (χ0v) is 13.9. The number of nitrogens with two attached hydrogens (primary N) is 1. The normalized spacial score (nSPS) is 12.4. The molecule has 0 radical (unpaired) electrons. The van der Waals surface area contributed by atoms with Gasteiger partial charge in [0.1, 0.15) is 17.6 Å². The molecule has 4 N–H and O–H groups in total. The topological polar surface area (TPSA) is 114 Å². The second-order valence-electron chi connectivity index (χ2n) is 5.71. The minimum Gasteiger partial charge on any atom is -0.368 e. The highest BCUT2D eigenvalue weighted by molar-refractivity contribution is 5.99. The summed E-state index contributed by atoms with van der Waals surface area (Å²) < 4.78 is 13.2. The fourth-order valence-corrected chi connectivity index (χ4v) is 2.32. The van der Waals surface area contributed by atoms with Gasteiger partial charge in [0.25, 0.3) is 5.91 Å². The number of benzene rings is 1. The molecule has 8 heteroatoms. The van der Waals surface area contributed by atoms with Gasteiger partial charge in [0.05, 0.1) is 17.4 Å². The molecule has 0 spiro atoms. The maximum absolute atomic E-state index is 13.2. The third-order valence-electron chi connectivity index (χ3n) is 3.77. The molecule has 3 aromatic rings. The van der Waals surface area contributed by atoms with Gasteiger partial charge in [0, 0.05) is 5.39 Å². The number of hydrogen-bond acceptors (Lipinski definition) is 4. The Morgan fingerprint density at radius 3 is 2.85 bits per heavy atom. The first-order chi connectivity index (χ1) is 12.4. The van der Waals surface area contributed by atoms with Crippen LogP contribution in [0.1, 0.15) is 28.7 Å². The molecule has 0 saturated carbocycles. The van der Waals surface area contributed by atoms with Crippen LogP contribution in [0.3, 0.4) is 0 Å². The van der Waals surface area contributed by atoms with E-state index in [1.807, 2.05) is 0 Å². The first-order valence-corrected chi connectivity index (χ1v) is 7.82. The van der Waals surface area contributed by atoms with Crippen molar-refractivity contribution in [1.82, 2.24) is 20.5 Å². The molecule has 0 bridgehead atoms. The molecule has 2 heterocycles. The molecule has 0 aliphatic rings. The van der Waals surface area contributed by atoms with Crippen LogP contribution < -0.4 is 11.1 Å². The number of primary amides is 1. The van der Waals surface area contributed by atoms with Crippen LogP contribution in [0, 0.1) is 5.82 Å². The van der Waals surface area contributed by atoms with Gasteiger partial charge in [-0.1, -0.05) is 18.2 Å². The molecule has 2 amide bonds. The Balaban J connectivity index is 1.88. The summed E-state index contributed by atoms with van der Waals surface area (Å²) in [6.45, 7) is 1.49. The summed E-state index contributed by atoms with van der Waals surface area (Å²) in [5.74, 6) is -1.48. The number of H-pyrrole nitrogens is 1. The molecule has 26 heavy (non-hydrogen) atoms. The van der Waals surface area contributed by atoms with Crippen LogP contribution in [0.4, 0.5) is 4.39 Å². The van der Waals surface area contributed by atoms with Gasteiger partial charge >= 0.3 is 0 Å². The second kappa shape index (κ2) is 7.14. The highest BCUT2D eigenvalue weighted by Crippen LogP contribution is 2.19. The Morgan fingerprint density at radius 1 is 1.31 bits per heavy atom. The van der Waals surface area contributed by atoms with E-state index in [4.69, 9.17) is 5.73 Å². The van der Waals surface area contributed by atoms with Gasteiger partial charge < -0.3 is 11.1 Å². The molecule has 0 unspecified atom stereocenters. The first-order valence-electron chi connectivity index (χ1n) is 7.82. The van der Waals surface area contributed by atoms with Crippen molar-refractivity contribution in [3.05, 3.63) is 59.3 Å². The number of pyridine rings is 1. The lowest BCUT2D eigenvalue weighted by molar-refractivity contribution is -0.119. The van der Waals surface area contributed by atoms with Crippen LogP contribution in [0.25, 0.3) is 23.1 Å². The van der Waals surface area contributed by atoms with Crippen molar-refractivity contribution < 1.29 is 14.0 Å². The van der Waals surface area contributed by atoms with E-state index in [0.29, 0.717) is 22.2 Å². The fraction of sp³-hybridized carbons (Fsp3) is 0.111. The van der Waals surface area contributed by atoms with Crippen molar-refractivity contribution in [3.63, 3.8) is 0 Å². The first kappa shape index (κ1) is 17.3. The zero-order chi connectivity index (χ0) is 18.7. The lowest BCUT2D eigenvalue weighted by atomic mass is 10.1. The third-order valence-corrected chi connectivity index (χ3v) is 3.77. The maximum Gasteiger partial charge on any atom is 0.270 e. The lowest BCUT2D eigenvalue weighted by Gasteiger charge is -2.09. The number of carbonyl (C=O) groups excluding carboxylic acids is 2. The SMILES string of the molecule is C[C@H](NC(=O)c1cc2c(/C=C/c3cccc(F)c3)n[nH]c2cn1)C(N)=O. The van der Waals surface area contributed by atoms with Gasteiger partial charge in [-0.2, -0.15) is 5.10 Å². The molecule has 7 nitrogen and oxygen atoms in total. The quantitative estimate of drug-likeness (QED) is 0.650. The zero-order valence-electron chi connectivity index (χ0n) is 13.9.